The number of rotatable bonds is 6. The number of carboxylic acids is 1. The first-order chi connectivity index (χ1) is 7.95. The fourth-order valence-corrected chi connectivity index (χ4v) is 3.44. The lowest BCUT2D eigenvalue weighted by atomic mass is 10.00. The van der Waals surface area contributed by atoms with Gasteiger partial charge in [0.15, 0.2) is 0 Å². The minimum absolute atomic E-state index is 0.104. The molecule has 1 fully saturated rings. The number of carboxylic acid groups (broad SMARTS) is 1. The molecular weight excluding hydrogens is 246 g/mol. The van der Waals surface area contributed by atoms with Crippen molar-refractivity contribution in [2.45, 2.75) is 25.7 Å². The van der Waals surface area contributed by atoms with Crippen molar-refractivity contribution in [1.29, 1.82) is 0 Å². The summed E-state index contributed by atoms with van der Waals surface area (Å²) in [6.07, 6.45) is 1.38. The fraction of sp³-hybridized carbons (Fsp3) is 0.900. The first kappa shape index (κ1) is 14.4. The second kappa shape index (κ2) is 6.32. The van der Waals surface area contributed by atoms with Gasteiger partial charge in [-0.1, -0.05) is 0 Å². The number of piperidine rings is 1. The normalized spacial score (nSPS) is 19.4. The topological polar surface area (TPSA) is 94.9 Å². The number of nitrogens with zero attached hydrogens (tertiary/aromatic N) is 1. The summed E-state index contributed by atoms with van der Waals surface area (Å²) in [5.41, 5.74) is 0. The smallest absolute Gasteiger partial charge is 0.303 e. The second-order valence-electron chi connectivity index (χ2n) is 4.34. The zero-order valence-corrected chi connectivity index (χ0v) is 10.5. The highest BCUT2D eigenvalue weighted by Crippen LogP contribution is 2.19. The SMILES string of the molecule is O=C(O)CCCS(=O)(=O)N1CCC(CO)CC1. The quantitative estimate of drug-likeness (QED) is 0.698. The molecule has 0 atom stereocenters. The summed E-state index contributed by atoms with van der Waals surface area (Å²) in [6.45, 7) is 0.966. The highest BCUT2D eigenvalue weighted by Gasteiger charge is 2.27. The number of carbonyl (C=O) groups is 1. The second-order valence-corrected chi connectivity index (χ2v) is 6.43. The summed E-state index contributed by atoms with van der Waals surface area (Å²) in [6, 6.07) is 0. The summed E-state index contributed by atoms with van der Waals surface area (Å²) in [4.78, 5) is 10.3. The van der Waals surface area contributed by atoms with Crippen molar-refractivity contribution in [2.75, 3.05) is 25.4 Å². The molecule has 2 N–H and O–H groups in total. The van der Waals surface area contributed by atoms with Crippen LogP contribution in [0.3, 0.4) is 0 Å². The molecule has 1 aliphatic rings. The number of sulfonamides is 1. The molecule has 1 aliphatic heterocycles. The summed E-state index contributed by atoms with van der Waals surface area (Å²) in [5, 5.41) is 17.4. The van der Waals surface area contributed by atoms with Gasteiger partial charge in [0.2, 0.25) is 10.0 Å². The zero-order valence-electron chi connectivity index (χ0n) is 9.71. The van der Waals surface area contributed by atoms with Gasteiger partial charge in [0.1, 0.15) is 0 Å². The Morgan fingerprint density at radius 3 is 2.35 bits per heavy atom. The van der Waals surface area contributed by atoms with Crippen LogP contribution in [-0.2, 0) is 14.8 Å². The van der Waals surface area contributed by atoms with E-state index in [1.807, 2.05) is 0 Å². The summed E-state index contributed by atoms with van der Waals surface area (Å²) >= 11 is 0. The van der Waals surface area contributed by atoms with Crippen molar-refractivity contribution < 1.29 is 23.4 Å². The van der Waals surface area contributed by atoms with Gasteiger partial charge in [-0.05, 0) is 25.2 Å². The van der Waals surface area contributed by atoms with E-state index in [0.29, 0.717) is 25.9 Å². The van der Waals surface area contributed by atoms with Gasteiger partial charge in [0.25, 0.3) is 0 Å². The predicted octanol–water partition coefficient (Wildman–Crippen LogP) is -0.115. The van der Waals surface area contributed by atoms with Gasteiger partial charge in [0.05, 0.1) is 5.75 Å². The number of aliphatic hydroxyl groups excluding tert-OH is 1. The van der Waals surface area contributed by atoms with Crippen LogP contribution >= 0.6 is 0 Å². The monoisotopic (exact) mass is 265 g/mol. The largest absolute Gasteiger partial charge is 0.481 e. The molecule has 0 aliphatic carbocycles. The Balaban J connectivity index is 2.40. The van der Waals surface area contributed by atoms with E-state index in [0.717, 1.165) is 0 Å². The van der Waals surface area contributed by atoms with E-state index in [-0.39, 0.29) is 31.1 Å². The lowest BCUT2D eigenvalue weighted by Crippen LogP contribution is -2.40. The maximum atomic E-state index is 11.8. The highest BCUT2D eigenvalue weighted by molar-refractivity contribution is 7.89. The molecule has 0 aromatic rings. The molecule has 0 aromatic heterocycles. The van der Waals surface area contributed by atoms with Gasteiger partial charge < -0.3 is 10.2 Å². The Morgan fingerprint density at radius 1 is 1.29 bits per heavy atom. The third-order valence-electron chi connectivity index (χ3n) is 3.02. The first-order valence-electron chi connectivity index (χ1n) is 5.76. The maximum absolute atomic E-state index is 11.8. The van der Waals surface area contributed by atoms with Gasteiger partial charge in [0, 0.05) is 26.1 Å². The van der Waals surface area contributed by atoms with Crippen LogP contribution in [0.5, 0.6) is 0 Å². The molecule has 1 saturated heterocycles. The molecule has 7 heteroatoms. The molecule has 0 saturated carbocycles. The first-order valence-corrected chi connectivity index (χ1v) is 7.37. The minimum Gasteiger partial charge on any atom is -0.481 e. The van der Waals surface area contributed by atoms with E-state index >= 15 is 0 Å². The lowest BCUT2D eigenvalue weighted by molar-refractivity contribution is -0.137. The fourth-order valence-electron chi connectivity index (χ4n) is 1.90. The Labute approximate surface area is 101 Å². The van der Waals surface area contributed by atoms with E-state index in [1.54, 1.807) is 0 Å². The van der Waals surface area contributed by atoms with Crippen LogP contribution in [0.25, 0.3) is 0 Å². The standard InChI is InChI=1S/C10H19NO5S/c12-8-9-3-5-11(6-4-9)17(15,16)7-1-2-10(13)14/h9,12H,1-8H2,(H,13,14). The molecule has 100 valence electrons. The lowest BCUT2D eigenvalue weighted by Gasteiger charge is -2.30. The van der Waals surface area contributed by atoms with Crippen LogP contribution in [0.2, 0.25) is 0 Å². The predicted molar refractivity (Wildman–Crippen MR) is 62.0 cm³/mol. The van der Waals surface area contributed by atoms with Crippen LogP contribution in [0.4, 0.5) is 0 Å². The maximum Gasteiger partial charge on any atom is 0.303 e. The molecule has 0 spiro atoms. The Kier molecular flexibility index (Phi) is 5.35. The Morgan fingerprint density at radius 2 is 1.88 bits per heavy atom. The molecule has 0 radical (unpaired) electrons. The van der Waals surface area contributed by atoms with Crippen LogP contribution in [0.1, 0.15) is 25.7 Å². The molecule has 0 aromatic carbocycles. The molecule has 0 amide bonds. The highest BCUT2D eigenvalue weighted by atomic mass is 32.2. The van der Waals surface area contributed by atoms with Crippen LogP contribution < -0.4 is 0 Å². The molecule has 1 heterocycles. The van der Waals surface area contributed by atoms with Crippen LogP contribution in [0, 0.1) is 5.92 Å². The van der Waals surface area contributed by atoms with Crippen LogP contribution in [0.15, 0.2) is 0 Å². The van der Waals surface area contributed by atoms with Crippen molar-refractivity contribution in [3.05, 3.63) is 0 Å². The third kappa shape index (κ3) is 4.61. The zero-order chi connectivity index (χ0) is 12.9. The van der Waals surface area contributed by atoms with Crippen molar-refractivity contribution in [3.63, 3.8) is 0 Å². The molecule has 1 rings (SSSR count). The molecule has 0 unspecified atom stereocenters. The molecule has 0 bridgehead atoms. The summed E-state index contributed by atoms with van der Waals surface area (Å²) in [7, 11) is -3.32. The molecular formula is C10H19NO5S. The summed E-state index contributed by atoms with van der Waals surface area (Å²) < 4.78 is 25.1. The van der Waals surface area contributed by atoms with Crippen molar-refractivity contribution in [3.8, 4) is 0 Å². The van der Waals surface area contributed by atoms with Crippen molar-refractivity contribution >= 4 is 16.0 Å². The molecule has 17 heavy (non-hydrogen) atoms. The Bertz CT molecular complexity index is 346. The summed E-state index contributed by atoms with van der Waals surface area (Å²) in [5.74, 6) is -0.886. The van der Waals surface area contributed by atoms with Crippen molar-refractivity contribution in [2.24, 2.45) is 5.92 Å². The average molecular weight is 265 g/mol. The average Bonchev–Trinajstić information content (AvgIpc) is 2.28. The molecule has 6 nitrogen and oxygen atoms in total. The minimum atomic E-state index is -3.32. The van der Waals surface area contributed by atoms with E-state index in [4.69, 9.17) is 10.2 Å². The number of aliphatic hydroxyl groups is 1. The van der Waals surface area contributed by atoms with E-state index in [2.05, 4.69) is 0 Å². The van der Waals surface area contributed by atoms with Gasteiger partial charge in [-0.15, -0.1) is 0 Å². The number of aliphatic carboxylic acids is 1. The van der Waals surface area contributed by atoms with Crippen molar-refractivity contribution in [1.82, 2.24) is 4.31 Å². The van der Waals surface area contributed by atoms with Gasteiger partial charge in [-0.3, -0.25) is 4.79 Å². The van der Waals surface area contributed by atoms with Crippen LogP contribution in [-0.4, -0.2) is 54.4 Å². The van der Waals surface area contributed by atoms with Gasteiger partial charge >= 0.3 is 5.97 Å². The third-order valence-corrected chi connectivity index (χ3v) is 4.97. The van der Waals surface area contributed by atoms with Gasteiger partial charge in [-0.2, -0.15) is 0 Å². The number of hydrogen-bond donors (Lipinski definition) is 2. The van der Waals surface area contributed by atoms with E-state index in [9.17, 15) is 13.2 Å². The van der Waals surface area contributed by atoms with E-state index in [1.165, 1.54) is 4.31 Å². The van der Waals surface area contributed by atoms with E-state index < -0.39 is 16.0 Å². The Hall–Kier alpha value is -0.660. The van der Waals surface area contributed by atoms with Gasteiger partial charge in [-0.25, -0.2) is 12.7 Å². The number of hydrogen-bond acceptors (Lipinski definition) is 4.